The van der Waals surface area contributed by atoms with E-state index in [4.69, 9.17) is 22.1 Å². The fraction of sp³-hybridized carbons (Fsp3) is 0.417. The minimum atomic E-state index is -2.34. The molecule has 1 aromatic carbocycles. The molecule has 0 radical (unpaired) electrons. The van der Waals surface area contributed by atoms with Crippen molar-refractivity contribution in [1.82, 2.24) is 0 Å². The van der Waals surface area contributed by atoms with Gasteiger partial charge in [-0.3, -0.25) is 0 Å². The van der Waals surface area contributed by atoms with Gasteiger partial charge in [0.2, 0.25) is 6.43 Å². The lowest BCUT2D eigenvalue weighted by Crippen LogP contribution is -2.23. The summed E-state index contributed by atoms with van der Waals surface area (Å²) in [6.45, 7) is 0. The van der Waals surface area contributed by atoms with Crippen molar-refractivity contribution >= 4 is 23.2 Å². The highest BCUT2D eigenvalue weighted by molar-refractivity contribution is 6.32. The van der Waals surface area contributed by atoms with Crippen LogP contribution in [0.25, 0.3) is 0 Å². The zero-order valence-electron chi connectivity index (χ0n) is 10.2. The summed E-state index contributed by atoms with van der Waals surface area (Å²) in [7, 11) is 1.52. The predicted octanol–water partition coefficient (Wildman–Crippen LogP) is 2.73. The first-order valence-electron chi connectivity index (χ1n) is 5.73. The van der Waals surface area contributed by atoms with Crippen LogP contribution in [0.4, 0.5) is 14.5 Å². The molecule has 0 amide bonds. The summed E-state index contributed by atoms with van der Waals surface area (Å²) in [5.41, 5.74) is 6.28. The van der Waals surface area contributed by atoms with E-state index in [0.29, 0.717) is 22.9 Å². The van der Waals surface area contributed by atoms with Crippen molar-refractivity contribution in [2.45, 2.75) is 18.9 Å². The van der Waals surface area contributed by atoms with Crippen LogP contribution in [0, 0.1) is 5.92 Å². The molecule has 4 nitrogen and oxygen atoms in total. The molecule has 0 spiro atoms. The standard InChI is InChI=1S/C12H14ClF2N3O/c1-19-10-3-2-6(4-8(10)13)17-12(16)18-9-5-7(9)11(14)15/h2-4,7,9,11H,5H2,1H3,(H3,16,17,18)/t7-,9-/m0/s1. The summed E-state index contributed by atoms with van der Waals surface area (Å²) in [5, 5.41) is 3.24. The Morgan fingerprint density at radius 2 is 2.32 bits per heavy atom. The molecule has 2 rings (SSSR count). The fourth-order valence-corrected chi connectivity index (χ4v) is 1.98. The number of alkyl halides is 2. The molecule has 2 atom stereocenters. The Hall–Kier alpha value is -1.56. The first-order chi connectivity index (χ1) is 9.01. The molecule has 0 unspecified atom stereocenters. The largest absolute Gasteiger partial charge is 0.495 e. The first kappa shape index (κ1) is 13.9. The van der Waals surface area contributed by atoms with Crippen LogP contribution in [0.1, 0.15) is 6.42 Å². The SMILES string of the molecule is COc1ccc(NC(N)=N[C@H]2C[C@@H]2C(F)F)cc1Cl. The van der Waals surface area contributed by atoms with E-state index in [0.717, 1.165) is 0 Å². The molecule has 19 heavy (non-hydrogen) atoms. The summed E-state index contributed by atoms with van der Waals surface area (Å²) in [5.74, 6) is -0.0168. The zero-order chi connectivity index (χ0) is 14.0. The number of methoxy groups -OCH3 is 1. The van der Waals surface area contributed by atoms with E-state index in [-0.39, 0.29) is 12.0 Å². The van der Waals surface area contributed by atoms with Gasteiger partial charge in [-0.15, -0.1) is 0 Å². The molecule has 0 bridgehead atoms. The van der Waals surface area contributed by atoms with Gasteiger partial charge in [0, 0.05) is 11.6 Å². The molecule has 0 aromatic heterocycles. The molecule has 1 fully saturated rings. The van der Waals surface area contributed by atoms with Crippen molar-refractivity contribution in [3.05, 3.63) is 23.2 Å². The van der Waals surface area contributed by atoms with Crippen molar-refractivity contribution in [2.24, 2.45) is 16.6 Å². The number of halogens is 3. The number of nitrogens with one attached hydrogen (secondary N) is 1. The fourth-order valence-electron chi connectivity index (χ4n) is 1.72. The van der Waals surface area contributed by atoms with Crippen LogP contribution < -0.4 is 15.8 Å². The second-order valence-corrected chi connectivity index (χ2v) is 4.70. The number of nitrogens with two attached hydrogens (primary N) is 1. The second-order valence-electron chi connectivity index (χ2n) is 4.29. The summed E-state index contributed by atoms with van der Waals surface area (Å²) in [4.78, 5) is 3.99. The van der Waals surface area contributed by atoms with Gasteiger partial charge in [-0.25, -0.2) is 13.8 Å². The van der Waals surface area contributed by atoms with E-state index in [1.807, 2.05) is 0 Å². The molecule has 0 aliphatic heterocycles. The zero-order valence-corrected chi connectivity index (χ0v) is 11.0. The average Bonchev–Trinajstić information content (AvgIpc) is 3.08. The number of anilines is 1. The van der Waals surface area contributed by atoms with Gasteiger partial charge in [-0.05, 0) is 24.6 Å². The number of nitrogens with zero attached hydrogens (tertiary/aromatic N) is 1. The first-order valence-corrected chi connectivity index (χ1v) is 6.11. The van der Waals surface area contributed by atoms with Gasteiger partial charge >= 0.3 is 0 Å². The third kappa shape index (κ3) is 3.47. The topological polar surface area (TPSA) is 59.6 Å². The van der Waals surface area contributed by atoms with Crippen molar-refractivity contribution in [2.75, 3.05) is 12.4 Å². The number of rotatable bonds is 4. The Balaban J connectivity index is 1.98. The normalized spacial score (nSPS) is 22.5. The van der Waals surface area contributed by atoms with E-state index >= 15 is 0 Å². The highest BCUT2D eigenvalue weighted by atomic mass is 35.5. The van der Waals surface area contributed by atoms with Gasteiger partial charge in [0.1, 0.15) is 5.75 Å². The molecule has 104 valence electrons. The van der Waals surface area contributed by atoms with Crippen LogP contribution in [0.15, 0.2) is 23.2 Å². The third-order valence-corrected chi connectivity index (χ3v) is 3.15. The summed E-state index contributed by atoms with van der Waals surface area (Å²) >= 11 is 5.95. The monoisotopic (exact) mass is 289 g/mol. The quantitative estimate of drug-likeness (QED) is 0.662. The molecule has 1 aliphatic carbocycles. The number of ether oxygens (including phenoxy) is 1. The molecule has 0 saturated heterocycles. The Morgan fingerprint density at radius 3 is 2.84 bits per heavy atom. The molecule has 1 saturated carbocycles. The Bertz CT molecular complexity index is 496. The van der Waals surface area contributed by atoms with Gasteiger partial charge in [-0.1, -0.05) is 11.6 Å². The van der Waals surface area contributed by atoms with E-state index in [1.165, 1.54) is 7.11 Å². The van der Waals surface area contributed by atoms with Gasteiger partial charge in [0.15, 0.2) is 5.96 Å². The number of hydrogen-bond acceptors (Lipinski definition) is 2. The molecule has 0 heterocycles. The molecular weight excluding hydrogens is 276 g/mol. The summed E-state index contributed by atoms with van der Waals surface area (Å²) in [6.07, 6.45) is -1.96. The number of benzene rings is 1. The Morgan fingerprint density at radius 1 is 1.58 bits per heavy atom. The number of hydrogen-bond donors (Lipinski definition) is 2. The van der Waals surface area contributed by atoms with Gasteiger partial charge in [0.05, 0.1) is 18.2 Å². The lowest BCUT2D eigenvalue weighted by atomic mass is 10.3. The summed E-state index contributed by atoms with van der Waals surface area (Å²) < 4.78 is 29.7. The number of aliphatic imine (C=N–C) groups is 1. The van der Waals surface area contributed by atoms with Crippen molar-refractivity contribution in [3.63, 3.8) is 0 Å². The third-order valence-electron chi connectivity index (χ3n) is 2.86. The molecular formula is C12H14ClF2N3O. The maximum absolute atomic E-state index is 12.3. The Kier molecular flexibility index (Phi) is 4.09. The lowest BCUT2D eigenvalue weighted by Gasteiger charge is -2.08. The van der Waals surface area contributed by atoms with Crippen LogP contribution in [-0.2, 0) is 0 Å². The second kappa shape index (κ2) is 5.61. The van der Waals surface area contributed by atoms with Crippen LogP contribution in [-0.4, -0.2) is 25.5 Å². The molecule has 7 heteroatoms. The van der Waals surface area contributed by atoms with Gasteiger partial charge in [-0.2, -0.15) is 0 Å². The molecule has 1 aromatic rings. The molecule has 1 aliphatic rings. The smallest absolute Gasteiger partial charge is 0.243 e. The van der Waals surface area contributed by atoms with E-state index in [2.05, 4.69) is 10.3 Å². The van der Waals surface area contributed by atoms with E-state index in [9.17, 15) is 8.78 Å². The molecule has 3 N–H and O–H groups in total. The van der Waals surface area contributed by atoms with E-state index < -0.39 is 12.3 Å². The van der Waals surface area contributed by atoms with Crippen molar-refractivity contribution in [3.8, 4) is 5.75 Å². The summed E-state index contributed by atoms with van der Waals surface area (Å²) in [6, 6.07) is 4.63. The maximum Gasteiger partial charge on any atom is 0.243 e. The predicted molar refractivity (Wildman–Crippen MR) is 71.1 cm³/mol. The highest BCUT2D eigenvalue weighted by Crippen LogP contribution is 2.39. The Labute approximate surface area is 114 Å². The maximum atomic E-state index is 12.3. The van der Waals surface area contributed by atoms with Crippen LogP contribution in [0.2, 0.25) is 5.02 Å². The average molecular weight is 290 g/mol. The van der Waals surface area contributed by atoms with Crippen LogP contribution in [0.3, 0.4) is 0 Å². The van der Waals surface area contributed by atoms with Gasteiger partial charge in [0.25, 0.3) is 0 Å². The number of guanidine groups is 1. The lowest BCUT2D eigenvalue weighted by molar-refractivity contribution is 0.121. The van der Waals surface area contributed by atoms with Gasteiger partial charge < -0.3 is 15.8 Å². The minimum Gasteiger partial charge on any atom is -0.495 e. The van der Waals surface area contributed by atoms with Crippen molar-refractivity contribution in [1.29, 1.82) is 0 Å². The van der Waals surface area contributed by atoms with E-state index in [1.54, 1.807) is 18.2 Å². The minimum absolute atomic E-state index is 0.106. The van der Waals surface area contributed by atoms with Crippen molar-refractivity contribution < 1.29 is 13.5 Å². The highest BCUT2D eigenvalue weighted by Gasteiger charge is 2.44. The van der Waals surface area contributed by atoms with Crippen LogP contribution >= 0.6 is 11.6 Å². The van der Waals surface area contributed by atoms with Crippen LogP contribution in [0.5, 0.6) is 5.75 Å².